The number of thioether (sulfide) groups is 1. The topological polar surface area (TPSA) is 39.1 Å². The number of ether oxygens (including phenoxy) is 1. The van der Waals surface area contributed by atoms with E-state index >= 15 is 0 Å². The van der Waals surface area contributed by atoms with Gasteiger partial charge in [-0.1, -0.05) is 0 Å². The molecule has 20 heavy (non-hydrogen) atoms. The first-order valence-corrected chi connectivity index (χ1v) is 9.16. The molecule has 1 atom stereocenters. The smallest absolute Gasteiger partial charge is 0.0696 e. The number of hydrogen-bond donors (Lipinski definition) is 1. The molecule has 6 heteroatoms. The molecule has 1 fully saturated rings. The van der Waals surface area contributed by atoms with Crippen LogP contribution in [-0.2, 0) is 11.3 Å². The van der Waals surface area contributed by atoms with Gasteiger partial charge in [0.25, 0.3) is 0 Å². The van der Waals surface area contributed by atoms with E-state index < -0.39 is 0 Å². The van der Waals surface area contributed by atoms with E-state index in [2.05, 4.69) is 42.8 Å². The first kappa shape index (κ1) is 16.3. The van der Waals surface area contributed by atoms with Crippen molar-refractivity contribution < 1.29 is 4.74 Å². The zero-order valence-electron chi connectivity index (χ0n) is 12.3. The normalized spacial score (nSPS) is 18.4. The van der Waals surface area contributed by atoms with Crippen molar-refractivity contribution in [1.29, 1.82) is 0 Å². The molecule has 0 spiro atoms. The Morgan fingerprint density at radius 1 is 1.55 bits per heavy atom. The lowest BCUT2D eigenvalue weighted by Gasteiger charge is -2.27. The summed E-state index contributed by atoms with van der Waals surface area (Å²) in [4.78, 5) is 0. The van der Waals surface area contributed by atoms with Gasteiger partial charge in [0.2, 0.25) is 0 Å². The van der Waals surface area contributed by atoms with Gasteiger partial charge in [0.15, 0.2) is 0 Å². The maximum Gasteiger partial charge on any atom is 0.0696 e. The fraction of sp³-hybridized carbons (Fsp3) is 0.786. The molecule has 1 aromatic heterocycles. The Morgan fingerprint density at radius 3 is 2.95 bits per heavy atom. The average molecular weight is 362 g/mol. The summed E-state index contributed by atoms with van der Waals surface area (Å²) in [5, 5.41) is 7.93. The third-order valence-electron chi connectivity index (χ3n) is 3.93. The molecular formula is C14H24BrN3OS. The molecule has 4 nitrogen and oxygen atoms in total. The van der Waals surface area contributed by atoms with Crippen LogP contribution in [-0.4, -0.2) is 42.1 Å². The predicted molar refractivity (Wildman–Crippen MR) is 88.3 cm³/mol. The fourth-order valence-electron chi connectivity index (χ4n) is 2.76. The second-order valence-corrected chi connectivity index (χ2v) is 7.31. The fourth-order valence-corrected chi connectivity index (χ4v) is 4.53. The van der Waals surface area contributed by atoms with Crippen molar-refractivity contribution >= 4 is 27.7 Å². The van der Waals surface area contributed by atoms with Gasteiger partial charge in [0.1, 0.15) is 0 Å². The summed E-state index contributed by atoms with van der Waals surface area (Å²) in [6.45, 7) is 1.49. The summed E-state index contributed by atoms with van der Waals surface area (Å²) in [5.74, 6) is 3.45. The monoisotopic (exact) mass is 361 g/mol. The van der Waals surface area contributed by atoms with Crippen molar-refractivity contribution in [3.05, 3.63) is 16.4 Å². The zero-order chi connectivity index (χ0) is 14.4. The van der Waals surface area contributed by atoms with Crippen LogP contribution in [0.5, 0.6) is 0 Å². The molecule has 114 valence electrons. The number of nitrogens with one attached hydrogen (secondary N) is 1. The molecule has 0 amide bonds. The van der Waals surface area contributed by atoms with Crippen LogP contribution in [0.3, 0.4) is 0 Å². The van der Waals surface area contributed by atoms with Crippen LogP contribution < -0.4 is 5.32 Å². The van der Waals surface area contributed by atoms with Crippen LogP contribution in [0, 0.1) is 5.92 Å². The number of methoxy groups -OCH3 is 1. The van der Waals surface area contributed by atoms with Crippen LogP contribution in [0.15, 0.2) is 10.7 Å². The van der Waals surface area contributed by atoms with Crippen molar-refractivity contribution in [2.24, 2.45) is 5.92 Å². The minimum absolute atomic E-state index is 0.358. The van der Waals surface area contributed by atoms with Crippen molar-refractivity contribution in [2.75, 3.05) is 32.3 Å². The Balaban J connectivity index is 2.07. The predicted octanol–water partition coefficient (Wildman–Crippen LogP) is 3.09. The van der Waals surface area contributed by atoms with Gasteiger partial charge < -0.3 is 10.1 Å². The minimum atomic E-state index is 0.358. The van der Waals surface area contributed by atoms with Gasteiger partial charge in [-0.15, -0.1) is 0 Å². The van der Waals surface area contributed by atoms with E-state index in [0.29, 0.717) is 12.6 Å². The van der Waals surface area contributed by atoms with E-state index in [4.69, 9.17) is 4.74 Å². The first-order chi connectivity index (χ1) is 9.76. The molecule has 0 aromatic carbocycles. The molecule has 0 aliphatic carbocycles. The SMILES string of the molecule is CNC(CC1CCSCC1)c1c(Br)cnn1CCOC. The Morgan fingerprint density at radius 2 is 2.30 bits per heavy atom. The van der Waals surface area contributed by atoms with Gasteiger partial charge in [-0.05, 0) is 59.7 Å². The zero-order valence-corrected chi connectivity index (χ0v) is 14.7. The highest BCUT2D eigenvalue weighted by Crippen LogP contribution is 2.33. The van der Waals surface area contributed by atoms with Crippen molar-refractivity contribution in [3.63, 3.8) is 0 Å². The van der Waals surface area contributed by atoms with Crippen LogP contribution in [0.2, 0.25) is 0 Å². The second-order valence-electron chi connectivity index (χ2n) is 5.23. The van der Waals surface area contributed by atoms with Gasteiger partial charge in [0.05, 0.1) is 35.6 Å². The first-order valence-electron chi connectivity index (χ1n) is 7.21. The lowest BCUT2D eigenvalue weighted by Crippen LogP contribution is -2.25. The molecule has 0 radical (unpaired) electrons. The van der Waals surface area contributed by atoms with Gasteiger partial charge >= 0.3 is 0 Å². The van der Waals surface area contributed by atoms with Crippen LogP contribution in [0.25, 0.3) is 0 Å². The number of rotatable bonds is 7. The highest BCUT2D eigenvalue weighted by molar-refractivity contribution is 9.10. The molecule has 1 aliphatic heterocycles. The molecule has 0 saturated carbocycles. The van der Waals surface area contributed by atoms with Crippen molar-refractivity contribution in [2.45, 2.75) is 31.8 Å². The summed E-state index contributed by atoms with van der Waals surface area (Å²) >= 11 is 5.73. The number of nitrogens with zero attached hydrogens (tertiary/aromatic N) is 2. The molecule has 1 aromatic rings. The quantitative estimate of drug-likeness (QED) is 0.809. The van der Waals surface area contributed by atoms with Gasteiger partial charge in [-0.25, -0.2) is 0 Å². The molecule has 1 unspecified atom stereocenters. The van der Waals surface area contributed by atoms with E-state index in [1.807, 2.05) is 13.2 Å². The minimum Gasteiger partial charge on any atom is -0.383 e. The summed E-state index contributed by atoms with van der Waals surface area (Å²) in [6.07, 6.45) is 5.76. The molecule has 1 saturated heterocycles. The van der Waals surface area contributed by atoms with E-state index in [1.165, 1.54) is 36.5 Å². The van der Waals surface area contributed by atoms with E-state index in [1.54, 1.807) is 7.11 Å². The van der Waals surface area contributed by atoms with E-state index in [0.717, 1.165) is 16.9 Å². The number of aromatic nitrogens is 2. The van der Waals surface area contributed by atoms with Gasteiger partial charge in [0, 0.05) is 7.11 Å². The average Bonchev–Trinajstić information content (AvgIpc) is 2.84. The Hall–Kier alpha value is -0.0400. The number of hydrogen-bond acceptors (Lipinski definition) is 4. The Bertz CT molecular complexity index is 407. The molecule has 2 heterocycles. The lowest BCUT2D eigenvalue weighted by molar-refractivity contribution is 0.181. The summed E-state index contributed by atoms with van der Waals surface area (Å²) < 4.78 is 8.33. The van der Waals surface area contributed by atoms with E-state index in [-0.39, 0.29) is 0 Å². The molecular weight excluding hydrogens is 338 g/mol. The molecule has 1 aliphatic rings. The summed E-state index contributed by atoms with van der Waals surface area (Å²) in [6, 6.07) is 0.358. The molecule has 2 rings (SSSR count). The third kappa shape index (κ3) is 4.23. The lowest BCUT2D eigenvalue weighted by atomic mass is 9.93. The number of halogens is 1. The molecule has 0 bridgehead atoms. The maximum absolute atomic E-state index is 5.17. The van der Waals surface area contributed by atoms with E-state index in [9.17, 15) is 0 Å². The summed E-state index contributed by atoms with van der Waals surface area (Å²) in [5.41, 5.74) is 1.25. The Kier molecular flexibility index (Phi) is 6.87. The standard InChI is InChI=1S/C14H24BrN3OS/c1-16-13(9-11-3-7-20-8-4-11)14-12(15)10-17-18(14)5-6-19-2/h10-11,13,16H,3-9H2,1-2H3. The molecule has 1 N–H and O–H groups in total. The largest absolute Gasteiger partial charge is 0.383 e. The van der Waals surface area contributed by atoms with Gasteiger partial charge in [-0.3, -0.25) is 4.68 Å². The second kappa shape index (κ2) is 8.41. The van der Waals surface area contributed by atoms with Gasteiger partial charge in [-0.2, -0.15) is 16.9 Å². The third-order valence-corrected chi connectivity index (χ3v) is 5.59. The van der Waals surface area contributed by atoms with Crippen LogP contribution in [0.1, 0.15) is 31.0 Å². The maximum atomic E-state index is 5.17. The van der Waals surface area contributed by atoms with Crippen molar-refractivity contribution in [3.8, 4) is 0 Å². The highest BCUT2D eigenvalue weighted by atomic mass is 79.9. The highest BCUT2D eigenvalue weighted by Gasteiger charge is 2.23. The summed E-state index contributed by atoms with van der Waals surface area (Å²) in [7, 11) is 3.77. The van der Waals surface area contributed by atoms with Crippen LogP contribution >= 0.6 is 27.7 Å². The Labute approximate surface area is 134 Å². The van der Waals surface area contributed by atoms with Crippen LogP contribution in [0.4, 0.5) is 0 Å². The van der Waals surface area contributed by atoms with Crippen molar-refractivity contribution in [1.82, 2.24) is 15.1 Å².